The fourth-order valence-corrected chi connectivity index (χ4v) is 3.61. The summed E-state index contributed by atoms with van der Waals surface area (Å²) in [5.74, 6) is -1.10. The number of carboxylic acid groups (broad SMARTS) is 1. The Kier molecular flexibility index (Phi) is 4.91. The number of hydrogen-bond acceptors (Lipinski definition) is 5. The SMILES string of the molecule is O=C(O)c1ccc(S(=O)(=O)Nc2ccc(N3CCOCC3)cc2)cc1. The Balaban J connectivity index is 1.73. The minimum absolute atomic E-state index is 0.00903. The number of hydrogen-bond donors (Lipinski definition) is 2. The third-order valence-corrected chi connectivity index (χ3v) is 5.30. The van der Waals surface area contributed by atoms with Gasteiger partial charge < -0.3 is 14.7 Å². The van der Waals surface area contributed by atoms with E-state index in [0.717, 1.165) is 18.8 Å². The van der Waals surface area contributed by atoms with Crippen molar-refractivity contribution >= 4 is 27.4 Å². The summed E-state index contributed by atoms with van der Waals surface area (Å²) in [6.45, 7) is 2.98. The number of rotatable bonds is 5. The highest BCUT2D eigenvalue weighted by Crippen LogP contribution is 2.21. The van der Waals surface area contributed by atoms with E-state index in [2.05, 4.69) is 9.62 Å². The molecule has 0 atom stereocenters. The van der Waals surface area contributed by atoms with Crippen molar-refractivity contribution < 1.29 is 23.1 Å². The fraction of sp³-hybridized carbons (Fsp3) is 0.235. The topological polar surface area (TPSA) is 95.9 Å². The van der Waals surface area contributed by atoms with Gasteiger partial charge in [-0.2, -0.15) is 0 Å². The quantitative estimate of drug-likeness (QED) is 0.845. The van der Waals surface area contributed by atoms with Crippen molar-refractivity contribution in [2.24, 2.45) is 0 Å². The lowest BCUT2D eigenvalue weighted by Crippen LogP contribution is -2.36. The van der Waals surface area contributed by atoms with Crippen LogP contribution in [-0.4, -0.2) is 45.8 Å². The number of ether oxygens (including phenoxy) is 1. The second kappa shape index (κ2) is 7.12. The van der Waals surface area contributed by atoms with Crippen molar-refractivity contribution in [3.63, 3.8) is 0 Å². The predicted octanol–water partition coefficient (Wildman–Crippen LogP) is 2.02. The van der Waals surface area contributed by atoms with E-state index in [1.54, 1.807) is 12.1 Å². The van der Waals surface area contributed by atoms with Crippen molar-refractivity contribution in [1.82, 2.24) is 0 Å². The molecule has 7 nitrogen and oxygen atoms in total. The molecule has 1 aliphatic rings. The molecule has 1 fully saturated rings. The van der Waals surface area contributed by atoms with Gasteiger partial charge in [0.1, 0.15) is 0 Å². The Bertz CT molecular complexity index is 842. The van der Waals surface area contributed by atoms with Crippen LogP contribution in [0.5, 0.6) is 0 Å². The maximum atomic E-state index is 12.4. The molecular formula is C17H18N2O5S. The molecule has 132 valence electrons. The van der Waals surface area contributed by atoms with Crippen molar-refractivity contribution in [3.8, 4) is 0 Å². The molecule has 1 aliphatic heterocycles. The van der Waals surface area contributed by atoms with Crippen LogP contribution in [0.25, 0.3) is 0 Å². The maximum absolute atomic E-state index is 12.4. The van der Waals surface area contributed by atoms with Gasteiger partial charge in [0, 0.05) is 24.5 Å². The lowest BCUT2D eigenvalue weighted by atomic mass is 10.2. The monoisotopic (exact) mass is 362 g/mol. The van der Waals surface area contributed by atoms with E-state index in [1.807, 2.05) is 12.1 Å². The first-order valence-corrected chi connectivity index (χ1v) is 9.23. The fourth-order valence-electron chi connectivity index (χ4n) is 2.55. The zero-order valence-electron chi connectivity index (χ0n) is 13.4. The zero-order valence-corrected chi connectivity index (χ0v) is 14.2. The highest BCUT2D eigenvalue weighted by atomic mass is 32.2. The molecule has 0 aromatic heterocycles. The second-order valence-corrected chi connectivity index (χ2v) is 7.26. The minimum Gasteiger partial charge on any atom is -0.478 e. The number of carboxylic acids is 1. The first-order chi connectivity index (χ1) is 12.0. The molecule has 0 saturated carbocycles. The van der Waals surface area contributed by atoms with E-state index in [4.69, 9.17) is 9.84 Å². The Morgan fingerprint density at radius 3 is 2.16 bits per heavy atom. The van der Waals surface area contributed by atoms with Crippen molar-refractivity contribution in [3.05, 3.63) is 54.1 Å². The molecule has 0 amide bonds. The molecule has 2 N–H and O–H groups in total. The van der Waals surface area contributed by atoms with Crippen molar-refractivity contribution in [2.75, 3.05) is 35.9 Å². The van der Waals surface area contributed by atoms with Crippen LogP contribution in [0.3, 0.4) is 0 Å². The van der Waals surface area contributed by atoms with Crippen LogP contribution in [0.1, 0.15) is 10.4 Å². The third-order valence-electron chi connectivity index (χ3n) is 3.91. The summed E-state index contributed by atoms with van der Waals surface area (Å²) in [4.78, 5) is 13.0. The van der Waals surface area contributed by atoms with Gasteiger partial charge in [0.15, 0.2) is 0 Å². The van der Waals surface area contributed by atoms with Crippen LogP contribution in [0.4, 0.5) is 11.4 Å². The minimum atomic E-state index is -3.77. The largest absolute Gasteiger partial charge is 0.478 e. The van der Waals surface area contributed by atoms with E-state index in [9.17, 15) is 13.2 Å². The lowest BCUT2D eigenvalue weighted by molar-refractivity contribution is 0.0696. The molecule has 0 spiro atoms. The second-order valence-electron chi connectivity index (χ2n) is 5.58. The molecule has 3 rings (SSSR count). The number of aromatic carboxylic acids is 1. The van der Waals surface area contributed by atoms with Crippen LogP contribution < -0.4 is 9.62 Å². The summed E-state index contributed by atoms with van der Waals surface area (Å²) >= 11 is 0. The van der Waals surface area contributed by atoms with Crippen LogP contribution in [-0.2, 0) is 14.8 Å². The molecule has 0 aliphatic carbocycles. The normalized spacial score (nSPS) is 15.0. The molecule has 8 heteroatoms. The predicted molar refractivity (Wildman–Crippen MR) is 93.7 cm³/mol. The highest BCUT2D eigenvalue weighted by Gasteiger charge is 2.16. The summed E-state index contributed by atoms with van der Waals surface area (Å²) in [5, 5.41) is 8.87. The number of morpholine rings is 1. The summed E-state index contributed by atoms with van der Waals surface area (Å²) < 4.78 is 32.6. The molecule has 2 aromatic carbocycles. The van der Waals surface area contributed by atoms with Gasteiger partial charge in [0.05, 0.1) is 23.7 Å². The Hall–Kier alpha value is -2.58. The molecule has 2 aromatic rings. The van der Waals surface area contributed by atoms with E-state index in [-0.39, 0.29) is 10.5 Å². The number of nitrogens with zero attached hydrogens (tertiary/aromatic N) is 1. The Labute approximate surface area is 145 Å². The van der Waals surface area contributed by atoms with Crippen molar-refractivity contribution in [1.29, 1.82) is 0 Å². The van der Waals surface area contributed by atoms with Crippen LogP contribution in [0.2, 0.25) is 0 Å². The average Bonchev–Trinajstić information content (AvgIpc) is 2.63. The smallest absolute Gasteiger partial charge is 0.335 e. The number of anilines is 2. The average molecular weight is 362 g/mol. The number of benzene rings is 2. The molecule has 1 heterocycles. The molecule has 1 saturated heterocycles. The lowest BCUT2D eigenvalue weighted by Gasteiger charge is -2.28. The number of nitrogens with one attached hydrogen (secondary N) is 1. The standard InChI is InChI=1S/C17H18N2O5S/c20-17(21)13-1-7-16(8-2-13)25(22,23)18-14-3-5-15(6-4-14)19-9-11-24-12-10-19/h1-8,18H,9-12H2,(H,20,21). The molecule has 0 radical (unpaired) electrons. The highest BCUT2D eigenvalue weighted by molar-refractivity contribution is 7.92. The molecular weight excluding hydrogens is 344 g/mol. The van der Waals surface area contributed by atoms with E-state index < -0.39 is 16.0 Å². The van der Waals surface area contributed by atoms with Gasteiger partial charge >= 0.3 is 5.97 Å². The maximum Gasteiger partial charge on any atom is 0.335 e. The Morgan fingerprint density at radius 1 is 1.00 bits per heavy atom. The van der Waals surface area contributed by atoms with Crippen LogP contribution in [0.15, 0.2) is 53.4 Å². The molecule has 25 heavy (non-hydrogen) atoms. The van der Waals surface area contributed by atoms with Gasteiger partial charge in [-0.1, -0.05) is 0 Å². The van der Waals surface area contributed by atoms with E-state index in [0.29, 0.717) is 18.9 Å². The van der Waals surface area contributed by atoms with Gasteiger partial charge in [-0.3, -0.25) is 4.72 Å². The third kappa shape index (κ3) is 4.09. The van der Waals surface area contributed by atoms with Gasteiger partial charge in [-0.15, -0.1) is 0 Å². The van der Waals surface area contributed by atoms with Crippen molar-refractivity contribution in [2.45, 2.75) is 4.90 Å². The Morgan fingerprint density at radius 2 is 1.60 bits per heavy atom. The van der Waals surface area contributed by atoms with Crippen LogP contribution in [0, 0.1) is 0 Å². The van der Waals surface area contributed by atoms with Gasteiger partial charge in [-0.05, 0) is 48.5 Å². The first-order valence-electron chi connectivity index (χ1n) is 7.75. The molecule has 0 bridgehead atoms. The zero-order chi connectivity index (χ0) is 17.9. The van der Waals surface area contributed by atoms with E-state index in [1.165, 1.54) is 24.3 Å². The summed E-state index contributed by atoms with van der Waals surface area (Å²) in [6.07, 6.45) is 0. The van der Waals surface area contributed by atoms with Gasteiger partial charge in [0.25, 0.3) is 10.0 Å². The first kappa shape index (κ1) is 17.2. The summed E-state index contributed by atoms with van der Waals surface area (Å²) in [7, 11) is -3.77. The number of carbonyl (C=O) groups is 1. The van der Waals surface area contributed by atoms with Gasteiger partial charge in [0.2, 0.25) is 0 Å². The summed E-state index contributed by atoms with van der Waals surface area (Å²) in [6, 6.07) is 12.2. The van der Waals surface area contributed by atoms with E-state index >= 15 is 0 Å². The van der Waals surface area contributed by atoms with Gasteiger partial charge in [-0.25, -0.2) is 13.2 Å². The van der Waals surface area contributed by atoms with Crippen LogP contribution >= 0.6 is 0 Å². The summed E-state index contributed by atoms with van der Waals surface area (Å²) in [5.41, 5.74) is 1.49. The number of sulfonamides is 1. The molecule has 0 unspecified atom stereocenters.